The molecule has 4 nitrogen and oxygen atoms in total. The molecule has 0 spiro atoms. The highest BCUT2D eigenvalue weighted by Crippen LogP contribution is 2.16. The molecule has 0 aliphatic heterocycles. The van der Waals surface area contributed by atoms with Crippen LogP contribution in [0.5, 0.6) is 0 Å². The predicted octanol–water partition coefficient (Wildman–Crippen LogP) is 0.237. The molecule has 1 aromatic rings. The fourth-order valence-corrected chi connectivity index (χ4v) is 1.16. The normalized spacial score (nSPS) is 15.7. The van der Waals surface area contributed by atoms with Crippen LogP contribution in [0.15, 0.2) is 12.3 Å². The molecule has 0 radical (unpaired) electrons. The summed E-state index contributed by atoms with van der Waals surface area (Å²) in [5, 5.41) is 17.3. The molecule has 0 saturated heterocycles. The Balaban J connectivity index is 2.68. The highest BCUT2D eigenvalue weighted by Gasteiger charge is 2.24. The molecule has 2 N–H and O–H groups in total. The molecular formula is C9H17N3O. The number of hydrogen-bond acceptors (Lipinski definition) is 3. The van der Waals surface area contributed by atoms with Gasteiger partial charge in [-0.2, -0.15) is 5.10 Å². The number of likely N-dealkylation sites (N-methyl/N-ethyl adjacent to an activating group) is 1. The molecule has 0 fully saturated rings. The topological polar surface area (TPSA) is 50.1 Å². The Labute approximate surface area is 78.6 Å². The molecule has 1 heterocycles. The van der Waals surface area contributed by atoms with Crippen LogP contribution < -0.4 is 5.32 Å². The Bertz CT molecular complexity index is 268. The van der Waals surface area contributed by atoms with Gasteiger partial charge in [-0.25, -0.2) is 0 Å². The summed E-state index contributed by atoms with van der Waals surface area (Å²) in [5.74, 6) is 0. The van der Waals surface area contributed by atoms with Crippen LogP contribution in [0.2, 0.25) is 0 Å². The number of aromatic nitrogens is 2. The van der Waals surface area contributed by atoms with Crippen LogP contribution >= 0.6 is 0 Å². The fourth-order valence-electron chi connectivity index (χ4n) is 1.16. The van der Waals surface area contributed by atoms with Crippen molar-refractivity contribution in [3.63, 3.8) is 0 Å². The zero-order chi connectivity index (χ0) is 9.90. The van der Waals surface area contributed by atoms with Gasteiger partial charge in [-0.05, 0) is 19.5 Å². The van der Waals surface area contributed by atoms with Crippen molar-refractivity contribution >= 4 is 0 Å². The number of nitrogens with one attached hydrogen (secondary N) is 1. The van der Waals surface area contributed by atoms with Crippen molar-refractivity contribution in [1.29, 1.82) is 0 Å². The van der Waals surface area contributed by atoms with Crippen molar-refractivity contribution in [2.75, 3.05) is 13.1 Å². The van der Waals surface area contributed by atoms with Crippen molar-refractivity contribution in [3.05, 3.63) is 18.0 Å². The van der Waals surface area contributed by atoms with E-state index < -0.39 is 5.60 Å². The summed E-state index contributed by atoms with van der Waals surface area (Å²) in [4.78, 5) is 0. The molecule has 0 amide bonds. The van der Waals surface area contributed by atoms with E-state index in [-0.39, 0.29) is 0 Å². The number of aliphatic hydroxyl groups is 1. The summed E-state index contributed by atoms with van der Waals surface area (Å²) in [6.45, 7) is 5.15. The third-order valence-electron chi connectivity index (χ3n) is 1.98. The van der Waals surface area contributed by atoms with Gasteiger partial charge in [0.25, 0.3) is 0 Å². The van der Waals surface area contributed by atoms with Crippen LogP contribution in [0.4, 0.5) is 0 Å². The van der Waals surface area contributed by atoms with Crippen molar-refractivity contribution < 1.29 is 5.11 Å². The van der Waals surface area contributed by atoms with Gasteiger partial charge in [0.15, 0.2) is 0 Å². The maximum Gasteiger partial charge on any atom is 0.118 e. The number of hydrogen-bond donors (Lipinski definition) is 2. The van der Waals surface area contributed by atoms with Crippen molar-refractivity contribution in [3.8, 4) is 0 Å². The summed E-state index contributed by atoms with van der Waals surface area (Å²) in [5.41, 5.74) is -0.173. The van der Waals surface area contributed by atoms with Gasteiger partial charge in [0, 0.05) is 19.8 Å². The lowest BCUT2D eigenvalue weighted by atomic mass is 10.0. The summed E-state index contributed by atoms with van der Waals surface area (Å²) in [6, 6.07) is 1.83. The van der Waals surface area contributed by atoms with Crippen molar-refractivity contribution in [1.82, 2.24) is 15.1 Å². The second kappa shape index (κ2) is 3.89. The SMILES string of the molecule is CCNCC(C)(O)c1ccn(C)n1. The molecule has 0 aliphatic carbocycles. The first kappa shape index (κ1) is 10.2. The van der Waals surface area contributed by atoms with E-state index in [1.807, 2.05) is 26.2 Å². The van der Waals surface area contributed by atoms with Gasteiger partial charge < -0.3 is 10.4 Å². The Morgan fingerprint density at radius 2 is 2.38 bits per heavy atom. The van der Waals surface area contributed by atoms with Crippen LogP contribution in [0.3, 0.4) is 0 Å². The van der Waals surface area contributed by atoms with E-state index in [2.05, 4.69) is 10.4 Å². The third-order valence-corrected chi connectivity index (χ3v) is 1.98. The summed E-state index contributed by atoms with van der Waals surface area (Å²) in [7, 11) is 1.84. The minimum absolute atomic E-state index is 0.528. The van der Waals surface area contributed by atoms with Gasteiger partial charge >= 0.3 is 0 Å². The summed E-state index contributed by atoms with van der Waals surface area (Å²) in [6.07, 6.45) is 1.83. The van der Waals surface area contributed by atoms with E-state index in [9.17, 15) is 5.11 Å². The second-order valence-electron chi connectivity index (χ2n) is 3.43. The Morgan fingerprint density at radius 1 is 1.69 bits per heavy atom. The Morgan fingerprint density at radius 3 is 2.85 bits per heavy atom. The van der Waals surface area contributed by atoms with Gasteiger partial charge in [0.05, 0.1) is 5.69 Å². The van der Waals surface area contributed by atoms with Crippen LogP contribution in [-0.4, -0.2) is 28.0 Å². The zero-order valence-electron chi connectivity index (χ0n) is 8.41. The molecule has 0 aromatic carbocycles. The van der Waals surface area contributed by atoms with Gasteiger partial charge in [-0.3, -0.25) is 4.68 Å². The average Bonchev–Trinajstić information content (AvgIpc) is 2.49. The molecule has 1 aromatic heterocycles. The third kappa shape index (κ3) is 2.54. The monoisotopic (exact) mass is 183 g/mol. The Kier molecular flexibility index (Phi) is 3.06. The molecule has 13 heavy (non-hydrogen) atoms. The van der Waals surface area contributed by atoms with E-state index in [0.29, 0.717) is 12.2 Å². The second-order valence-corrected chi connectivity index (χ2v) is 3.43. The molecule has 0 aliphatic rings. The number of aryl methyl sites for hydroxylation is 1. The van der Waals surface area contributed by atoms with Crippen molar-refractivity contribution in [2.45, 2.75) is 19.4 Å². The van der Waals surface area contributed by atoms with E-state index in [1.54, 1.807) is 11.6 Å². The van der Waals surface area contributed by atoms with Crippen LogP contribution in [0, 0.1) is 0 Å². The number of nitrogens with zero attached hydrogens (tertiary/aromatic N) is 2. The fraction of sp³-hybridized carbons (Fsp3) is 0.667. The van der Waals surface area contributed by atoms with Crippen LogP contribution in [-0.2, 0) is 12.6 Å². The minimum Gasteiger partial charge on any atom is -0.382 e. The zero-order valence-corrected chi connectivity index (χ0v) is 8.41. The molecular weight excluding hydrogens is 166 g/mol. The van der Waals surface area contributed by atoms with Gasteiger partial charge in [0.1, 0.15) is 5.60 Å². The molecule has 1 unspecified atom stereocenters. The maximum atomic E-state index is 9.99. The van der Waals surface area contributed by atoms with Crippen LogP contribution in [0.1, 0.15) is 19.5 Å². The molecule has 0 saturated carbocycles. The highest BCUT2D eigenvalue weighted by molar-refractivity contribution is 5.09. The minimum atomic E-state index is -0.878. The maximum absolute atomic E-state index is 9.99. The molecule has 1 rings (SSSR count). The first-order valence-electron chi connectivity index (χ1n) is 4.49. The smallest absolute Gasteiger partial charge is 0.118 e. The molecule has 0 bridgehead atoms. The lowest BCUT2D eigenvalue weighted by Gasteiger charge is -2.20. The van der Waals surface area contributed by atoms with E-state index >= 15 is 0 Å². The first-order chi connectivity index (χ1) is 6.06. The van der Waals surface area contributed by atoms with E-state index in [0.717, 1.165) is 6.54 Å². The number of rotatable bonds is 4. The van der Waals surface area contributed by atoms with Crippen molar-refractivity contribution in [2.24, 2.45) is 7.05 Å². The predicted molar refractivity (Wildman–Crippen MR) is 51.3 cm³/mol. The molecule has 1 atom stereocenters. The first-order valence-corrected chi connectivity index (χ1v) is 4.49. The average molecular weight is 183 g/mol. The molecule has 4 heteroatoms. The summed E-state index contributed by atoms with van der Waals surface area (Å²) < 4.78 is 1.69. The highest BCUT2D eigenvalue weighted by atomic mass is 16.3. The van der Waals surface area contributed by atoms with E-state index in [4.69, 9.17) is 0 Å². The van der Waals surface area contributed by atoms with Crippen LogP contribution in [0.25, 0.3) is 0 Å². The van der Waals surface area contributed by atoms with Gasteiger partial charge in [-0.1, -0.05) is 6.92 Å². The standard InChI is InChI=1S/C9H17N3O/c1-4-10-7-9(2,13)8-5-6-12(3)11-8/h5-6,10,13H,4,7H2,1-3H3. The summed E-state index contributed by atoms with van der Waals surface area (Å²) >= 11 is 0. The quantitative estimate of drug-likeness (QED) is 0.703. The van der Waals surface area contributed by atoms with E-state index in [1.165, 1.54) is 0 Å². The molecule has 74 valence electrons. The van der Waals surface area contributed by atoms with Gasteiger partial charge in [0.2, 0.25) is 0 Å². The lowest BCUT2D eigenvalue weighted by Crippen LogP contribution is -2.35. The largest absolute Gasteiger partial charge is 0.382 e. The Hall–Kier alpha value is -0.870. The van der Waals surface area contributed by atoms with Gasteiger partial charge in [-0.15, -0.1) is 0 Å². The lowest BCUT2D eigenvalue weighted by molar-refractivity contribution is 0.0525.